The number of ether oxygens (including phenoxy) is 1. The summed E-state index contributed by atoms with van der Waals surface area (Å²) < 4.78 is 42.4. The Balaban J connectivity index is 1.43. The van der Waals surface area contributed by atoms with Gasteiger partial charge in [-0.15, -0.1) is 5.10 Å². The number of halogens is 2. The second-order valence-electron chi connectivity index (χ2n) is 11.7. The average molecular weight is 567 g/mol. The largest absolute Gasteiger partial charge is 0.496 e. The molecule has 0 N–H and O–H groups in total. The van der Waals surface area contributed by atoms with Gasteiger partial charge in [-0.05, 0) is 54.5 Å². The number of rotatable bonds is 8. The highest BCUT2D eigenvalue weighted by atomic mass is 28.4. The highest BCUT2D eigenvalue weighted by Gasteiger charge is 2.37. The van der Waals surface area contributed by atoms with Crippen molar-refractivity contribution in [1.29, 1.82) is 0 Å². The van der Waals surface area contributed by atoms with Gasteiger partial charge in [-0.3, -0.25) is 0 Å². The number of benzene rings is 1. The van der Waals surface area contributed by atoms with Gasteiger partial charge >= 0.3 is 0 Å². The SMILES string of the molecule is COc1ccc(F)cc1[C@H]1C[C@H](F)CN1c1ccc2ncc(-c3nccc(CCO[Si](C)(C)C(C)(C)C)n3)n2n1. The monoisotopic (exact) mass is 566 g/mol. The molecule has 0 saturated carbocycles. The molecule has 40 heavy (non-hydrogen) atoms. The van der Waals surface area contributed by atoms with Gasteiger partial charge in [0.15, 0.2) is 19.8 Å². The molecule has 1 saturated heterocycles. The first-order valence-electron chi connectivity index (χ1n) is 13.5. The van der Waals surface area contributed by atoms with Gasteiger partial charge in [0.2, 0.25) is 0 Å². The Kier molecular flexibility index (Phi) is 7.62. The first-order valence-corrected chi connectivity index (χ1v) is 16.4. The Morgan fingerprint density at radius 2 is 1.90 bits per heavy atom. The Labute approximate surface area is 234 Å². The Morgan fingerprint density at radius 1 is 1.10 bits per heavy atom. The summed E-state index contributed by atoms with van der Waals surface area (Å²) in [5, 5.41) is 4.95. The minimum absolute atomic E-state index is 0.132. The summed E-state index contributed by atoms with van der Waals surface area (Å²) in [7, 11) is -0.327. The normalized spacial score (nSPS) is 18.1. The van der Waals surface area contributed by atoms with E-state index in [1.807, 2.05) is 17.0 Å². The van der Waals surface area contributed by atoms with Crippen LogP contribution in [0.25, 0.3) is 17.2 Å². The molecule has 1 fully saturated rings. The van der Waals surface area contributed by atoms with E-state index in [1.165, 1.54) is 19.2 Å². The van der Waals surface area contributed by atoms with Crippen LogP contribution < -0.4 is 9.64 Å². The molecule has 1 aliphatic rings. The van der Waals surface area contributed by atoms with Crippen molar-refractivity contribution in [3.63, 3.8) is 0 Å². The van der Waals surface area contributed by atoms with Gasteiger partial charge < -0.3 is 14.1 Å². The molecule has 2 atom stereocenters. The third kappa shape index (κ3) is 5.57. The van der Waals surface area contributed by atoms with Gasteiger partial charge in [0, 0.05) is 36.9 Å². The van der Waals surface area contributed by atoms with E-state index < -0.39 is 26.3 Å². The van der Waals surface area contributed by atoms with Crippen LogP contribution in [-0.2, 0) is 10.8 Å². The van der Waals surface area contributed by atoms with Crippen LogP contribution in [0.4, 0.5) is 14.6 Å². The van der Waals surface area contributed by atoms with Crippen LogP contribution in [0.2, 0.25) is 18.1 Å². The lowest BCUT2D eigenvalue weighted by molar-refractivity contribution is 0.290. The van der Waals surface area contributed by atoms with E-state index in [4.69, 9.17) is 19.2 Å². The zero-order chi connectivity index (χ0) is 28.7. The molecule has 1 aliphatic heterocycles. The van der Waals surface area contributed by atoms with Crippen molar-refractivity contribution in [3.05, 3.63) is 65.9 Å². The van der Waals surface area contributed by atoms with Crippen LogP contribution in [0.15, 0.2) is 48.8 Å². The van der Waals surface area contributed by atoms with Crippen molar-refractivity contribution >= 4 is 19.8 Å². The van der Waals surface area contributed by atoms with Crippen molar-refractivity contribution in [2.24, 2.45) is 0 Å². The molecule has 4 aromatic rings. The number of hydrogen-bond donors (Lipinski definition) is 0. The molecule has 0 unspecified atom stereocenters. The van der Waals surface area contributed by atoms with Crippen molar-refractivity contribution < 1.29 is 17.9 Å². The molecule has 11 heteroatoms. The van der Waals surface area contributed by atoms with Crippen molar-refractivity contribution in [2.75, 3.05) is 25.2 Å². The summed E-state index contributed by atoms with van der Waals surface area (Å²) in [6.07, 6.45) is 3.20. The predicted octanol–water partition coefficient (Wildman–Crippen LogP) is 6.19. The molecule has 0 radical (unpaired) electrons. The van der Waals surface area contributed by atoms with Crippen LogP contribution in [0.3, 0.4) is 0 Å². The fraction of sp³-hybridized carbons (Fsp3) is 0.448. The molecule has 0 bridgehead atoms. The number of methoxy groups -OCH3 is 1. The van der Waals surface area contributed by atoms with E-state index in [2.05, 4.69) is 43.8 Å². The lowest BCUT2D eigenvalue weighted by Crippen LogP contribution is -2.41. The maximum Gasteiger partial charge on any atom is 0.191 e. The highest BCUT2D eigenvalue weighted by molar-refractivity contribution is 6.74. The van der Waals surface area contributed by atoms with Gasteiger partial charge in [-0.1, -0.05) is 20.8 Å². The smallest absolute Gasteiger partial charge is 0.191 e. The zero-order valence-electron chi connectivity index (χ0n) is 23.9. The molecule has 4 heterocycles. The number of anilines is 1. The third-order valence-corrected chi connectivity index (χ3v) is 12.6. The minimum Gasteiger partial charge on any atom is -0.496 e. The fourth-order valence-electron chi connectivity index (χ4n) is 4.75. The number of nitrogens with zero attached hydrogens (tertiary/aromatic N) is 6. The number of imidazole rings is 1. The van der Waals surface area contributed by atoms with Crippen LogP contribution in [0.1, 0.15) is 44.5 Å². The highest BCUT2D eigenvalue weighted by Crippen LogP contribution is 2.41. The van der Waals surface area contributed by atoms with Gasteiger partial charge in [-0.25, -0.2) is 28.2 Å². The molecule has 0 aliphatic carbocycles. The fourth-order valence-corrected chi connectivity index (χ4v) is 5.80. The summed E-state index contributed by atoms with van der Waals surface area (Å²) in [5.74, 6) is 1.15. The summed E-state index contributed by atoms with van der Waals surface area (Å²) in [4.78, 5) is 15.6. The maximum atomic E-state index is 14.8. The number of aromatic nitrogens is 5. The third-order valence-electron chi connectivity index (χ3n) is 8.01. The molecule has 3 aromatic heterocycles. The Bertz CT molecular complexity index is 1510. The van der Waals surface area contributed by atoms with Gasteiger partial charge in [0.1, 0.15) is 29.3 Å². The molecule has 0 spiro atoms. The number of fused-ring (bicyclic) bond motifs is 1. The summed E-state index contributed by atoms with van der Waals surface area (Å²) in [5.41, 5.74) is 2.70. The van der Waals surface area contributed by atoms with Gasteiger partial charge in [0.05, 0.1) is 25.9 Å². The molecule has 212 valence electrons. The minimum atomic E-state index is -1.85. The summed E-state index contributed by atoms with van der Waals surface area (Å²) in [6.45, 7) is 11.9. The van der Waals surface area contributed by atoms with Gasteiger partial charge in [0.25, 0.3) is 0 Å². The van der Waals surface area contributed by atoms with Crippen LogP contribution >= 0.6 is 0 Å². The Hall–Kier alpha value is -3.44. The van der Waals surface area contributed by atoms with E-state index >= 15 is 0 Å². The summed E-state index contributed by atoms with van der Waals surface area (Å²) >= 11 is 0. The van der Waals surface area contributed by atoms with E-state index in [9.17, 15) is 8.78 Å². The molecule has 5 rings (SSSR count). The lowest BCUT2D eigenvalue weighted by Gasteiger charge is -2.36. The van der Waals surface area contributed by atoms with E-state index in [0.29, 0.717) is 47.3 Å². The van der Waals surface area contributed by atoms with E-state index in [-0.39, 0.29) is 18.0 Å². The predicted molar refractivity (Wildman–Crippen MR) is 153 cm³/mol. The van der Waals surface area contributed by atoms with Crippen molar-refractivity contribution in [2.45, 2.75) is 64.0 Å². The topological polar surface area (TPSA) is 77.7 Å². The molecule has 0 amide bonds. The molecular formula is C29H36F2N6O2Si. The van der Waals surface area contributed by atoms with E-state index in [0.717, 1.165) is 5.69 Å². The van der Waals surface area contributed by atoms with Crippen molar-refractivity contribution in [1.82, 2.24) is 24.6 Å². The quantitative estimate of drug-likeness (QED) is 0.236. The second-order valence-corrected chi connectivity index (χ2v) is 16.5. The molecule has 8 nitrogen and oxygen atoms in total. The lowest BCUT2D eigenvalue weighted by atomic mass is 10.0. The number of alkyl halides is 1. The first-order chi connectivity index (χ1) is 19.0. The van der Waals surface area contributed by atoms with Crippen LogP contribution in [-0.4, -0.2) is 59.3 Å². The summed E-state index contributed by atoms with van der Waals surface area (Å²) in [6, 6.07) is 9.41. The molecule has 1 aromatic carbocycles. The maximum absolute atomic E-state index is 14.8. The zero-order valence-corrected chi connectivity index (χ0v) is 24.9. The first kappa shape index (κ1) is 28.1. The average Bonchev–Trinajstić information content (AvgIpc) is 3.51. The second kappa shape index (κ2) is 10.9. The van der Waals surface area contributed by atoms with Crippen molar-refractivity contribution in [3.8, 4) is 17.3 Å². The standard InChI is InChI=1S/C29H36F2N6O2Si/c1-29(2,3)40(5,6)39-14-12-21-11-13-32-28(34-21)24-17-33-26-9-10-27(35-37(24)26)36-18-20(31)16-23(36)22-15-19(30)7-8-25(22)38-4/h7-11,13,15,17,20,23H,12,14,16,18H2,1-6H3/t20-,23+/m0/s1. The molecular weight excluding hydrogens is 530 g/mol. The van der Waals surface area contributed by atoms with Gasteiger partial charge in [-0.2, -0.15) is 0 Å². The number of hydrogen-bond acceptors (Lipinski definition) is 7. The van der Waals surface area contributed by atoms with Crippen LogP contribution in [0.5, 0.6) is 5.75 Å². The Morgan fingerprint density at radius 3 is 2.65 bits per heavy atom. The van der Waals surface area contributed by atoms with Crippen LogP contribution in [0, 0.1) is 5.82 Å². The van der Waals surface area contributed by atoms with E-state index in [1.54, 1.807) is 29.0 Å².